The van der Waals surface area contributed by atoms with Crippen LogP contribution in [0.2, 0.25) is 0 Å². The van der Waals surface area contributed by atoms with Gasteiger partial charge >= 0.3 is 0 Å². The number of aliphatic hydroxyl groups is 1. The van der Waals surface area contributed by atoms with Gasteiger partial charge in [0, 0.05) is 79.3 Å². The number of aliphatic hydroxyl groups excluding tert-OH is 1. The van der Waals surface area contributed by atoms with Crippen molar-refractivity contribution in [2.75, 3.05) is 68.8 Å². The first-order chi connectivity index (χ1) is 28.9. The van der Waals surface area contributed by atoms with E-state index in [4.69, 9.17) is 11.5 Å². The monoisotopic (exact) mass is 854 g/mol. The molecule has 2 aliphatic rings. The van der Waals surface area contributed by atoms with Crippen molar-refractivity contribution in [3.05, 3.63) is 115 Å². The van der Waals surface area contributed by atoms with Crippen LogP contribution in [0.5, 0.6) is 0 Å². The topological polar surface area (TPSA) is 214 Å². The summed E-state index contributed by atoms with van der Waals surface area (Å²) in [5.41, 5.74) is 13.7. The second kappa shape index (κ2) is 16.6. The standard InChI is InChI=1S/C41H40F2N10O5S2/c42-33-17-26(9-10-30(33)35-21-49-40(44)23-47-35)28-5-1-3-7-38(28)59(55,56)52-15-13-51(14-16-52)37-19-32(36-22-50-41(45)24-48-36)34(43)18-31(37)29-6-2-4-8-39(29)60(57,58)53-12-11-46-20-27(53)25-54/h1-10,17-19,21-24,27,46,54H,11-16,20,25H2,(H2,44,49)(H2,45,50)/t27-/m1/s1. The Labute approximate surface area is 345 Å². The minimum atomic E-state index is -4.20. The lowest BCUT2D eigenvalue weighted by atomic mass is 9.98. The number of nitrogens with zero attached hydrogens (tertiary/aromatic N) is 7. The minimum Gasteiger partial charge on any atom is -0.395 e. The van der Waals surface area contributed by atoms with Crippen LogP contribution in [0.15, 0.2) is 113 Å². The van der Waals surface area contributed by atoms with E-state index in [2.05, 4.69) is 25.3 Å². The third-order valence-corrected chi connectivity index (χ3v) is 14.6. The smallest absolute Gasteiger partial charge is 0.244 e. The lowest BCUT2D eigenvalue weighted by Crippen LogP contribution is -2.55. The van der Waals surface area contributed by atoms with Gasteiger partial charge in [0.1, 0.15) is 23.3 Å². The van der Waals surface area contributed by atoms with Gasteiger partial charge in [-0.2, -0.15) is 8.61 Å². The first-order valence-corrected chi connectivity index (χ1v) is 21.8. The number of aromatic nitrogens is 4. The maximum atomic E-state index is 16.3. The molecule has 0 unspecified atom stereocenters. The maximum absolute atomic E-state index is 16.3. The molecule has 1 atom stereocenters. The SMILES string of the molecule is Nc1cnc(-c2ccc(-c3ccccc3S(=O)(=O)N3CCN(c4cc(-c5cnc(N)cn5)c(F)cc4-c4ccccc4S(=O)(=O)N4CCNC[C@@H]4CO)CC3)cc2F)cn1. The van der Waals surface area contributed by atoms with Gasteiger partial charge in [-0.25, -0.2) is 35.6 Å². The Morgan fingerprint density at radius 1 is 0.650 bits per heavy atom. The van der Waals surface area contributed by atoms with E-state index in [1.165, 1.54) is 63.7 Å². The normalized spacial score (nSPS) is 16.9. The van der Waals surface area contributed by atoms with Gasteiger partial charge in [0.2, 0.25) is 20.0 Å². The van der Waals surface area contributed by atoms with Crippen molar-refractivity contribution in [2.45, 2.75) is 15.8 Å². The highest BCUT2D eigenvalue weighted by Crippen LogP contribution is 2.41. The highest BCUT2D eigenvalue weighted by atomic mass is 32.2. The number of nitrogens with two attached hydrogens (primary N) is 2. The van der Waals surface area contributed by atoms with Gasteiger partial charge < -0.3 is 26.8 Å². The Morgan fingerprint density at radius 2 is 1.25 bits per heavy atom. The molecule has 15 nitrogen and oxygen atoms in total. The predicted molar refractivity (Wildman–Crippen MR) is 223 cm³/mol. The summed E-state index contributed by atoms with van der Waals surface area (Å²) in [4.78, 5) is 18.3. The summed E-state index contributed by atoms with van der Waals surface area (Å²) in [6.07, 6.45) is 5.31. The van der Waals surface area contributed by atoms with Crippen LogP contribution < -0.4 is 21.7 Å². The summed E-state index contributed by atoms with van der Waals surface area (Å²) >= 11 is 0. The first kappa shape index (κ1) is 40.8. The molecule has 2 aromatic heterocycles. The van der Waals surface area contributed by atoms with Crippen molar-refractivity contribution < 1.29 is 30.7 Å². The van der Waals surface area contributed by atoms with Crippen LogP contribution in [0, 0.1) is 11.6 Å². The van der Waals surface area contributed by atoms with E-state index < -0.39 is 44.3 Å². The molecule has 2 saturated heterocycles. The van der Waals surface area contributed by atoms with Gasteiger partial charge in [0.15, 0.2) is 0 Å². The molecule has 0 saturated carbocycles. The summed E-state index contributed by atoms with van der Waals surface area (Å²) in [7, 11) is -8.35. The van der Waals surface area contributed by atoms with E-state index in [0.29, 0.717) is 23.4 Å². The number of halogens is 2. The van der Waals surface area contributed by atoms with Crippen LogP contribution in [0.25, 0.3) is 44.8 Å². The summed E-state index contributed by atoms with van der Waals surface area (Å²) in [6, 6.07) is 19.1. The van der Waals surface area contributed by atoms with Gasteiger partial charge in [-0.3, -0.25) is 9.97 Å². The van der Waals surface area contributed by atoms with Crippen LogP contribution in [-0.2, 0) is 20.0 Å². The molecular formula is C41H40F2N10O5S2. The number of piperazine rings is 2. The van der Waals surface area contributed by atoms with Crippen molar-refractivity contribution in [1.82, 2.24) is 33.9 Å². The van der Waals surface area contributed by atoms with Crippen LogP contribution in [0.3, 0.4) is 0 Å². The fraction of sp³-hybridized carbons (Fsp3) is 0.220. The molecule has 6 aromatic rings. The molecule has 0 amide bonds. The molecule has 4 aromatic carbocycles. The Morgan fingerprint density at radius 3 is 1.87 bits per heavy atom. The largest absolute Gasteiger partial charge is 0.395 e. The van der Waals surface area contributed by atoms with Gasteiger partial charge in [-0.15, -0.1) is 0 Å². The molecule has 310 valence electrons. The molecule has 4 heterocycles. The third-order valence-electron chi connectivity index (χ3n) is 10.6. The maximum Gasteiger partial charge on any atom is 0.244 e. The zero-order valence-corrected chi connectivity index (χ0v) is 33.6. The number of sulfonamides is 2. The van der Waals surface area contributed by atoms with E-state index in [-0.39, 0.29) is 94.3 Å². The van der Waals surface area contributed by atoms with Crippen LogP contribution in [0.4, 0.5) is 26.1 Å². The molecule has 60 heavy (non-hydrogen) atoms. The third kappa shape index (κ3) is 7.78. The highest BCUT2D eigenvalue weighted by molar-refractivity contribution is 7.89. The Bertz CT molecular complexity index is 2780. The number of nitrogen functional groups attached to an aromatic ring is 2. The summed E-state index contributed by atoms with van der Waals surface area (Å²) in [6.45, 7) is 0.657. The zero-order valence-electron chi connectivity index (χ0n) is 32.0. The Balaban J connectivity index is 1.13. The summed E-state index contributed by atoms with van der Waals surface area (Å²) in [5, 5.41) is 13.2. The van der Waals surface area contributed by atoms with Crippen LogP contribution in [0.1, 0.15) is 0 Å². The zero-order chi connectivity index (χ0) is 42.2. The lowest BCUT2D eigenvalue weighted by Gasteiger charge is -2.37. The Hall–Kier alpha value is -5.96. The fourth-order valence-corrected chi connectivity index (χ4v) is 11.0. The highest BCUT2D eigenvalue weighted by Gasteiger charge is 2.36. The van der Waals surface area contributed by atoms with Gasteiger partial charge in [-0.05, 0) is 42.0 Å². The average Bonchev–Trinajstić information content (AvgIpc) is 3.27. The van der Waals surface area contributed by atoms with Crippen molar-refractivity contribution in [1.29, 1.82) is 0 Å². The predicted octanol–water partition coefficient (Wildman–Crippen LogP) is 3.84. The van der Waals surface area contributed by atoms with Crippen molar-refractivity contribution in [3.63, 3.8) is 0 Å². The van der Waals surface area contributed by atoms with E-state index in [9.17, 15) is 21.9 Å². The number of anilines is 3. The number of rotatable bonds is 10. The molecule has 8 rings (SSSR count). The van der Waals surface area contributed by atoms with Gasteiger partial charge in [0.05, 0.1) is 58.6 Å². The molecule has 19 heteroatoms. The second-order valence-corrected chi connectivity index (χ2v) is 18.0. The molecule has 0 spiro atoms. The lowest BCUT2D eigenvalue weighted by molar-refractivity contribution is 0.165. The average molecular weight is 855 g/mol. The minimum absolute atomic E-state index is 0.00645. The summed E-state index contributed by atoms with van der Waals surface area (Å²) < 4.78 is 91.8. The molecule has 0 bridgehead atoms. The van der Waals surface area contributed by atoms with E-state index in [1.807, 2.05) is 4.90 Å². The Kier molecular flexibility index (Phi) is 11.3. The van der Waals surface area contributed by atoms with Gasteiger partial charge in [0.25, 0.3) is 0 Å². The molecule has 0 aliphatic carbocycles. The summed E-state index contributed by atoms with van der Waals surface area (Å²) in [5.74, 6) is -0.994. The van der Waals surface area contributed by atoms with E-state index in [1.54, 1.807) is 48.5 Å². The first-order valence-electron chi connectivity index (χ1n) is 18.9. The number of nitrogens with one attached hydrogen (secondary N) is 1. The fourth-order valence-electron chi connectivity index (χ4n) is 7.57. The quantitative estimate of drug-likeness (QED) is 0.154. The van der Waals surface area contributed by atoms with E-state index in [0.717, 1.165) is 0 Å². The molecule has 2 aliphatic heterocycles. The van der Waals surface area contributed by atoms with Crippen LogP contribution in [-0.4, -0.2) is 109 Å². The number of benzene rings is 4. The van der Waals surface area contributed by atoms with Gasteiger partial charge in [-0.1, -0.05) is 42.5 Å². The van der Waals surface area contributed by atoms with Crippen molar-refractivity contribution in [3.8, 4) is 44.8 Å². The van der Waals surface area contributed by atoms with Crippen LogP contribution >= 0.6 is 0 Å². The number of hydrogen-bond acceptors (Lipinski definition) is 13. The molecule has 0 radical (unpaired) electrons. The van der Waals surface area contributed by atoms with Crippen molar-refractivity contribution in [2.24, 2.45) is 0 Å². The van der Waals surface area contributed by atoms with Crippen molar-refractivity contribution >= 4 is 37.4 Å². The molecular weight excluding hydrogens is 815 g/mol. The van der Waals surface area contributed by atoms with E-state index >= 15 is 8.78 Å². The second-order valence-electron chi connectivity index (χ2n) is 14.2. The number of hydrogen-bond donors (Lipinski definition) is 4. The molecule has 6 N–H and O–H groups in total. The molecule has 2 fully saturated rings.